The Morgan fingerprint density at radius 1 is 1.50 bits per heavy atom. The molecule has 12 heavy (non-hydrogen) atoms. The lowest BCUT2D eigenvalue weighted by Gasteiger charge is -2.30. The first-order valence-corrected chi connectivity index (χ1v) is 3.76. The second-order valence-electron chi connectivity index (χ2n) is 2.69. The van der Waals surface area contributed by atoms with E-state index < -0.39 is 18.5 Å². The molecule has 1 saturated heterocycles. The highest BCUT2D eigenvalue weighted by atomic mass is 16.6. The Labute approximate surface area is 69.4 Å². The second-order valence-corrected chi connectivity index (χ2v) is 2.69. The van der Waals surface area contributed by atoms with Gasteiger partial charge < -0.3 is 14.9 Å². The van der Waals surface area contributed by atoms with Gasteiger partial charge in [-0.15, -0.1) is 0 Å². The Kier molecular flexibility index (Phi) is 3.31. The van der Waals surface area contributed by atoms with Crippen LogP contribution < -0.4 is 0 Å². The third-order valence-electron chi connectivity index (χ3n) is 1.80. The quantitative estimate of drug-likeness (QED) is 0.353. The van der Waals surface area contributed by atoms with Crippen LogP contribution in [0.15, 0.2) is 5.11 Å². The maximum atomic E-state index is 9.29. The van der Waals surface area contributed by atoms with Gasteiger partial charge in [0.25, 0.3) is 0 Å². The summed E-state index contributed by atoms with van der Waals surface area (Å²) >= 11 is 0. The molecule has 6 nitrogen and oxygen atoms in total. The van der Waals surface area contributed by atoms with Gasteiger partial charge in [-0.1, -0.05) is 5.11 Å². The van der Waals surface area contributed by atoms with E-state index in [2.05, 4.69) is 10.0 Å². The normalized spacial score (nSPS) is 35.7. The fourth-order valence-corrected chi connectivity index (χ4v) is 1.14. The molecule has 2 N–H and O–H groups in total. The summed E-state index contributed by atoms with van der Waals surface area (Å²) < 4.78 is 4.94. The zero-order chi connectivity index (χ0) is 8.97. The summed E-state index contributed by atoms with van der Waals surface area (Å²) in [6.07, 6.45) is -1.14. The molecule has 3 atom stereocenters. The molecule has 6 heteroatoms. The standard InChI is InChI=1S/C6H11N3O3/c7-9-8-3-5-4(10)1-2-6(11)12-5/h4-6,10-11H,1-3H2/t4-,5-,6+/m1/s1. The van der Waals surface area contributed by atoms with Gasteiger partial charge in [0.05, 0.1) is 18.8 Å². The van der Waals surface area contributed by atoms with Gasteiger partial charge in [0.15, 0.2) is 6.29 Å². The molecule has 0 aliphatic carbocycles. The molecular weight excluding hydrogens is 162 g/mol. The predicted octanol–water partition coefficient (Wildman–Crippen LogP) is 0.155. The van der Waals surface area contributed by atoms with Crippen molar-refractivity contribution < 1.29 is 14.9 Å². The van der Waals surface area contributed by atoms with Crippen LogP contribution in [0.25, 0.3) is 10.4 Å². The third-order valence-corrected chi connectivity index (χ3v) is 1.80. The summed E-state index contributed by atoms with van der Waals surface area (Å²) in [6.45, 7) is 0.0642. The summed E-state index contributed by atoms with van der Waals surface area (Å²) in [6, 6.07) is 0. The highest BCUT2D eigenvalue weighted by Crippen LogP contribution is 2.18. The van der Waals surface area contributed by atoms with E-state index in [1.165, 1.54) is 0 Å². The van der Waals surface area contributed by atoms with Gasteiger partial charge in [-0.25, -0.2) is 0 Å². The van der Waals surface area contributed by atoms with Crippen molar-refractivity contribution in [2.45, 2.75) is 31.3 Å². The molecular formula is C6H11N3O3. The zero-order valence-electron chi connectivity index (χ0n) is 6.50. The Bertz CT molecular complexity index is 192. The third kappa shape index (κ3) is 2.35. The topological polar surface area (TPSA) is 98.5 Å². The number of nitrogens with zero attached hydrogens (tertiary/aromatic N) is 3. The summed E-state index contributed by atoms with van der Waals surface area (Å²) in [4.78, 5) is 2.54. The lowest BCUT2D eigenvalue weighted by molar-refractivity contribution is -0.194. The van der Waals surface area contributed by atoms with Gasteiger partial charge in [-0.05, 0) is 12.0 Å². The summed E-state index contributed by atoms with van der Waals surface area (Å²) in [5.41, 5.74) is 8.01. The molecule has 1 aliphatic rings. The molecule has 0 aromatic heterocycles. The van der Waals surface area contributed by atoms with Crippen LogP contribution in [0.1, 0.15) is 12.8 Å². The number of aliphatic hydroxyl groups excluding tert-OH is 2. The maximum absolute atomic E-state index is 9.29. The van der Waals surface area contributed by atoms with Gasteiger partial charge in [-0.3, -0.25) is 0 Å². The van der Waals surface area contributed by atoms with Crippen molar-refractivity contribution in [1.29, 1.82) is 0 Å². The van der Waals surface area contributed by atoms with E-state index in [1.807, 2.05) is 0 Å². The Hall–Kier alpha value is -0.810. The molecule has 0 amide bonds. The van der Waals surface area contributed by atoms with Crippen LogP contribution in [-0.2, 0) is 4.74 Å². The number of hydrogen-bond donors (Lipinski definition) is 2. The number of ether oxygens (including phenoxy) is 1. The summed E-state index contributed by atoms with van der Waals surface area (Å²) in [5.74, 6) is 0. The van der Waals surface area contributed by atoms with Crippen molar-refractivity contribution >= 4 is 0 Å². The Morgan fingerprint density at radius 2 is 2.25 bits per heavy atom. The monoisotopic (exact) mass is 173 g/mol. The number of hydrogen-bond acceptors (Lipinski definition) is 4. The second kappa shape index (κ2) is 4.27. The molecule has 0 spiro atoms. The largest absolute Gasteiger partial charge is 0.390 e. The molecule has 0 saturated carbocycles. The van der Waals surface area contributed by atoms with E-state index in [-0.39, 0.29) is 6.54 Å². The number of rotatable bonds is 2. The molecule has 68 valence electrons. The number of aliphatic hydroxyl groups is 2. The van der Waals surface area contributed by atoms with E-state index in [0.29, 0.717) is 12.8 Å². The van der Waals surface area contributed by atoms with Crippen molar-refractivity contribution in [3.63, 3.8) is 0 Å². The van der Waals surface area contributed by atoms with Crippen LogP contribution in [0.2, 0.25) is 0 Å². The Balaban J connectivity index is 2.43. The lowest BCUT2D eigenvalue weighted by atomic mass is 10.1. The van der Waals surface area contributed by atoms with E-state index in [0.717, 1.165) is 0 Å². The van der Waals surface area contributed by atoms with E-state index in [9.17, 15) is 5.11 Å². The summed E-state index contributed by atoms with van der Waals surface area (Å²) in [7, 11) is 0. The van der Waals surface area contributed by atoms with Crippen LogP contribution >= 0.6 is 0 Å². The van der Waals surface area contributed by atoms with Gasteiger partial charge >= 0.3 is 0 Å². The van der Waals surface area contributed by atoms with Gasteiger partial charge in [0.1, 0.15) is 0 Å². The molecule has 1 aliphatic heterocycles. The van der Waals surface area contributed by atoms with Crippen molar-refractivity contribution in [3.8, 4) is 0 Å². The highest BCUT2D eigenvalue weighted by molar-refractivity contribution is 4.76. The zero-order valence-corrected chi connectivity index (χ0v) is 6.50. The van der Waals surface area contributed by atoms with Crippen molar-refractivity contribution in [2.75, 3.05) is 6.54 Å². The van der Waals surface area contributed by atoms with E-state index in [4.69, 9.17) is 15.4 Å². The minimum Gasteiger partial charge on any atom is -0.390 e. The molecule has 0 radical (unpaired) electrons. The van der Waals surface area contributed by atoms with Crippen LogP contribution in [-0.4, -0.2) is 35.3 Å². The molecule has 0 bridgehead atoms. The highest BCUT2D eigenvalue weighted by Gasteiger charge is 2.27. The van der Waals surface area contributed by atoms with Crippen molar-refractivity contribution in [3.05, 3.63) is 10.4 Å². The van der Waals surface area contributed by atoms with Crippen LogP contribution in [0.4, 0.5) is 0 Å². The minimum atomic E-state index is -0.840. The number of azide groups is 1. The average Bonchev–Trinajstić information content (AvgIpc) is 2.07. The smallest absolute Gasteiger partial charge is 0.155 e. The van der Waals surface area contributed by atoms with Crippen LogP contribution in [0.5, 0.6) is 0 Å². The predicted molar refractivity (Wildman–Crippen MR) is 40.1 cm³/mol. The minimum absolute atomic E-state index is 0.0642. The molecule has 0 unspecified atom stereocenters. The SMILES string of the molecule is [N-]=[N+]=NC[C@H]1O[C@H](O)CC[C@H]1O. The fourth-order valence-electron chi connectivity index (χ4n) is 1.14. The van der Waals surface area contributed by atoms with Crippen LogP contribution in [0.3, 0.4) is 0 Å². The maximum Gasteiger partial charge on any atom is 0.155 e. The molecule has 0 aromatic rings. The average molecular weight is 173 g/mol. The van der Waals surface area contributed by atoms with Gasteiger partial charge in [0, 0.05) is 11.3 Å². The summed E-state index contributed by atoms with van der Waals surface area (Å²) in [5, 5.41) is 21.6. The lowest BCUT2D eigenvalue weighted by Crippen LogP contribution is -2.40. The van der Waals surface area contributed by atoms with Crippen molar-refractivity contribution in [1.82, 2.24) is 0 Å². The first-order chi connectivity index (χ1) is 5.74. The first kappa shape index (κ1) is 9.28. The molecule has 1 rings (SSSR count). The fraction of sp³-hybridized carbons (Fsp3) is 1.00. The van der Waals surface area contributed by atoms with E-state index in [1.54, 1.807) is 0 Å². The van der Waals surface area contributed by atoms with E-state index >= 15 is 0 Å². The van der Waals surface area contributed by atoms with Gasteiger partial charge in [0.2, 0.25) is 0 Å². The first-order valence-electron chi connectivity index (χ1n) is 3.76. The van der Waals surface area contributed by atoms with Crippen molar-refractivity contribution in [2.24, 2.45) is 5.11 Å². The molecule has 0 aromatic carbocycles. The molecule has 1 heterocycles. The Morgan fingerprint density at radius 3 is 2.92 bits per heavy atom. The van der Waals surface area contributed by atoms with Crippen LogP contribution in [0, 0.1) is 0 Å². The molecule has 1 fully saturated rings. The van der Waals surface area contributed by atoms with Gasteiger partial charge in [-0.2, -0.15) is 0 Å².